The molecular weight excluding hydrogens is 295 g/mol. The predicted molar refractivity (Wildman–Crippen MR) is 76.3 cm³/mol. The Kier molecular flexibility index (Phi) is 4.32. The van der Waals surface area contributed by atoms with E-state index >= 15 is 0 Å². The normalized spacial score (nSPS) is 11.1. The van der Waals surface area contributed by atoms with E-state index in [4.69, 9.17) is 0 Å². The number of aromatic nitrogens is 1. The molecule has 2 rings (SSSR count). The first-order valence-corrected chi connectivity index (χ1v) is 7.84. The topological polar surface area (TPSA) is 76.1 Å². The van der Waals surface area contributed by atoms with Crippen molar-refractivity contribution in [3.05, 3.63) is 54.1 Å². The number of carbonyl (C=O) groups is 1. The minimum absolute atomic E-state index is 0.0518. The van der Waals surface area contributed by atoms with Gasteiger partial charge in [0, 0.05) is 6.20 Å². The van der Waals surface area contributed by atoms with Gasteiger partial charge in [-0.2, -0.15) is 4.39 Å². The number of anilines is 1. The van der Waals surface area contributed by atoms with Crippen LogP contribution in [0, 0.1) is 5.95 Å². The van der Waals surface area contributed by atoms with Crippen molar-refractivity contribution < 1.29 is 17.6 Å². The lowest BCUT2D eigenvalue weighted by atomic mass is 10.2. The van der Waals surface area contributed by atoms with Crippen molar-refractivity contribution in [2.45, 2.75) is 11.8 Å². The summed E-state index contributed by atoms with van der Waals surface area (Å²) in [5.74, 6) is -1.32. The molecule has 0 bridgehead atoms. The predicted octanol–water partition coefficient (Wildman–Crippen LogP) is 2.27. The van der Waals surface area contributed by atoms with E-state index in [2.05, 4.69) is 10.3 Å². The highest BCUT2D eigenvalue weighted by Gasteiger charge is 2.18. The Balaban J connectivity index is 2.32. The molecule has 1 aromatic carbocycles. The van der Waals surface area contributed by atoms with Crippen LogP contribution in [0.2, 0.25) is 0 Å². The van der Waals surface area contributed by atoms with Crippen molar-refractivity contribution in [3.8, 4) is 0 Å². The monoisotopic (exact) mass is 308 g/mol. The number of benzene rings is 1. The smallest absolute Gasteiger partial charge is 0.257 e. The Morgan fingerprint density at radius 3 is 2.57 bits per heavy atom. The summed E-state index contributed by atoms with van der Waals surface area (Å²) >= 11 is 0. The van der Waals surface area contributed by atoms with Crippen LogP contribution in [0.4, 0.5) is 10.1 Å². The van der Waals surface area contributed by atoms with E-state index in [-0.39, 0.29) is 21.9 Å². The van der Waals surface area contributed by atoms with E-state index in [1.807, 2.05) is 0 Å². The molecule has 1 N–H and O–H groups in total. The molecule has 5 nitrogen and oxygen atoms in total. The van der Waals surface area contributed by atoms with Gasteiger partial charge in [-0.3, -0.25) is 4.79 Å². The van der Waals surface area contributed by atoms with Crippen LogP contribution in [0.3, 0.4) is 0 Å². The van der Waals surface area contributed by atoms with E-state index in [9.17, 15) is 17.6 Å². The molecule has 0 atom stereocenters. The van der Waals surface area contributed by atoms with Crippen LogP contribution in [0.25, 0.3) is 0 Å². The summed E-state index contributed by atoms with van der Waals surface area (Å²) in [6, 6.07) is 8.46. The third-order valence-corrected chi connectivity index (χ3v) is 4.63. The van der Waals surface area contributed by atoms with E-state index < -0.39 is 21.7 Å². The van der Waals surface area contributed by atoms with Crippen LogP contribution < -0.4 is 5.32 Å². The van der Waals surface area contributed by atoms with Crippen molar-refractivity contribution in [2.24, 2.45) is 0 Å². The average Bonchev–Trinajstić information content (AvgIpc) is 2.48. The summed E-state index contributed by atoms with van der Waals surface area (Å²) in [4.78, 5) is 15.5. The molecule has 0 fully saturated rings. The SMILES string of the molecule is CCS(=O)(=O)c1ccccc1NC(=O)c1ccc(F)nc1. The summed E-state index contributed by atoms with van der Waals surface area (Å²) in [5.41, 5.74) is 0.328. The maximum Gasteiger partial charge on any atom is 0.257 e. The Labute approximate surface area is 121 Å². The van der Waals surface area contributed by atoms with Gasteiger partial charge in [0.2, 0.25) is 5.95 Å². The summed E-state index contributed by atoms with van der Waals surface area (Å²) in [6.07, 6.45) is 1.08. The first kappa shape index (κ1) is 15.1. The molecule has 0 saturated heterocycles. The second-order valence-corrected chi connectivity index (χ2v) is 6.47. The van der Waals surface area contributed by atoms with Gasteiger partial charge in [0.1, 0.15) is 0 Å². The lowest BCUT2D eigenvalue weighted by Gasteiger charge is -2.10. The van der Waals surface area contributed by atoms with Gasteiger partial charge in [0.25, 0.3) is 5.91 Å². The zero-order valence-electron chi connectivity index (χ0n) is 11.2. The molecule has 0 aliphatic heterocycles. The summed E-state index contributed by atoms with van der Waals surface area (Å²) in [5, 5.41) is 2.51. The molecule has 0 spiro atoms. The number of pyridine rings is 1. The Morgan fingerprint density at radius 2 is 1.95 bits per heavy atom. The van der Waals surface area contributed by atoms with Crippen LogP contribution in [-0.4, -0.2) is 25.1 Å². The Morgan fingerprint density at radius 1 is 1.24 bits per heavy atom. The molecule has 1 aromatic heterocycles. The van der Waals surface area contributed by atoms with Crippen LogP contribution >= 0.6 is 0 Å². The first-order chi connectivity index (χ1) is 9.94. The molecule has 0 aliphatic rings. The van der Waals surface area contributed by atoms with Crippen LogP contribution in [0.5, 0.6) is 0 Å². The van der Waals surface area contributed by atoms with Gasteiger partial charge >= 0.3 is 0 Å². The van der Waals surface area contributed by atoms with Gasteiger partial charge < -0.3 is 5.32 Å². The fourth-order valence-electron chi connectivity index (χ4n) is 1.70. The third kappa shape index (κ3) is 3.43. The maximum atomic E-state index is 12.7. The molecule has 21 heavy (non-hydrogen) atoms. The number of halogens is 1. The highest BCUT2D eigenvalue weighted by Crippen LogP contribution is 2.22. The molecule has 1 heterocycles. The number of carbonyl (C=O) groups excluding carboxylic acids is 1. The highest BCUT2D eigenvalue weighted by atomic mass is 32.2. The lowest BCUT2D eigenvalue weighted by molar-refractivity contribution is 0.102. The van der Waals surface area contributed by atoms with Gasteiger partial charge in [-0.15, -0.1) is 0 Å². The highest BCUT2D eigenvalue weighted by molar-refractivity contribution is 7.91. The minimum Gasteiger partial charge on any atom is -0.321 e. The molecular formula is C14H13FN2O3S. The zero-order chi connectivity index (χ0) is 15.5. The number of hydrogen-bond donors (Lipinski definition) is 1. The Hall–Kier alpha value is -2.28. The van der Waals surface area contributed by atoms with Gasteiger partial charge in [-0.25, -0.2) is 13.4 Å². The molecule has 0 aliphatic carbocycles. The number of rotatable bonds is 4. The minimum atomic E-state index is -3.45. The van der Waals surface area contributed by atoms with Gasteiger partial charge in [-0.05, 0) is 24.3 Å². The molecule has 1 amide bonds. The van der Waals surface area contributed by atoms with E-state index in [1.165, 1.54) is 25.1 Å². The van der Waals surface area contributed by atoms with Crippen molar-refractivity contribution in [1.82, 2.24) is 4.98 Å². The molecule has 0 unspecified atom stereocenters. The lowest BCUT2D eigenvalue weighted by Crippen LogP contribution is -2.15. The molecule has 0 radical (unpaired) electrons. The van der Waals surface area contributed by atoms with Crippen LogP contribution in [0.1, 0.15) is 17.3 Å². The van der Waals surface area contributed by atoms with Gasteiger partial charge in [0.15, 0.2) is 9.84 Å². The van der Waals surface area contributed by atoms with Crippen molar-refractivity contribution in [3.63, 3.8) is 0 Å². The molecule has 7 heteroatoms. The average molecular weight is 308 g/mol. The first-order valence-electron chi connectivity index (χ1n) is 6.18. The van der Waals surface area contributed by atoms with Crippen LogP contribution in [0.15, 0.2) is 47.5 Å². The molecule has 2 aromatic rings. The molecule has 0 saturated carbocycles. The summed E-state index contributed by atoms with van der Waals surface area (Å²) < 4.78 is 36.7. The van der Waals surface area contributed by atoms with E-state index in [1.54, 1.807) is 12.1 Å². The second-order valence-electron chi connectivity index (χ2n) is 4.22. The largest absolute Gasteiger partial charge is 0.321 e. The van der Waals surface area contributed by atoms with E-state index in [0.717, 1.165) is 12.3 Å². The summed E-state index contributed by atoms with van der Waals surface area (Å²) in [7, 11) is -3.45. The zero-order valence-corrected chi connectivity index (χ0v) is 12.0. The number of nitrogens with one attached hydrogen (secondary N) is 1. The number of sulfone groups is 1. The number of amides is 1. The van der Waals surface area contributed by atoms with Gasteiger partial charge in [0.05, 0.1) is 21.9 Å². The van der Waals surface area contributed by atoms with Crippen LogP contribution in [-0.2, 0) is 9.84 Å². The number of hydrogen-bond acceptors (Lipinski definition) is 4. The summed E-state index contributed by atoms with van der Waals surface area (Å²) in [6.45, 7) is 1.53. The molecule has 110 valence electrons. The standard InChI is InChI=1S/C14H13FN2O3S/c1-2-21(19,20)12-6-4-3-5-11(12)17-14(18)10-7-8-13(15)16-9-10/h3-9H,2H2,1H3,(H,17,18). The van der Waals surface area contributed by atoms with Gasteiger partial charge in [-0.1, -0.05) is 19.1 Å². The van der Waals surface area contributed by atoms with Crippen molar-refractivity contribution in [1.29, 1.82) is 0 Å². The number of para-hydroxylation sites is 1. The number of nitrogens with zero attached hydrogens (tertiary/aromatic N) is 1. The maximum absolute atomic E-state index is 12.7. The van der Waals surface area contributed by atoms with Crippen molar-refractivity contribution in [2.75, 3.05) is 11.1 Å². The quantitative estimate of drug-likeness (QED) is 0.879. The second kappa shape index (κ2) is 6.01. The third-order valence-electron chi connectivity index (χ3n) is 2.84. The van der Waals surface area contributed by atoms with Crippen molar-refractivity contribution >= 4 is 21.4 Å². The fourth-order valence-corrected chi connectivity index (χ4v) is 2.75. The fraction of sp³-hybridized carbons (Fsp3) is 0.143. The van der Waals surface area contributed by atoms with E-state index in [0.29, 0.717) is 0 Å². The Bertz CT molecular complexity index is 758.